The predicted octanol–water partition coefficient (Wildman–Crippen LogP) is 2.63. The van der Waals surface area contributed by atoms with Gasteiger partial charge in [-0.2, -0.15) is 0 Å². The van der Waals surface area contributed by atoms with E-state index in [0.29, 0.717) is 6.54 Å². The lowest BCUT2D eigenvalue weighted by molar-refractivity contribution is 0.301. The number of aromatic nitrogens is 2. The molecule has 114 valence electrons. The molecule has 0 aliphatic rings. The predicted molar refractivity (Wildman–Crippen MR) is 84.5 cm³/mol. The molecule has 2 N–H and O–H groups in total. The quantitative estimate of drug-likeness (QED) is 0.728. The van der Waals surface area contributed by atoms with Crippen LogP contribution in [0.1, 0.15) is 52.3 Å². The zero-order valence-electron chi connectivity index (χ0n) is 13.2. The summed E-state index contributed by atoms with van der Waals surface area (Å²) in [5, 5.41) is 12.5. The Bertz CT molecular complexity index is 395. The Balaban J connectivity index is 3.04. The molecule has 0 amide bonds. The summed E-state index contributed by atoms with van der Waals surface area (Å²) in [4.78, 5) is 11.3. The van der Waals surface area contributed by atoms with Gasteiger partial charge in [0.05, 0.1) is 6.61 Å². The third-order valence-electron chi connectivity index (χ3n) is 3.08. The van der Waals surface area contributed by atoms with E-state index in [4.69, 9.17) is 0 Å². The Morgan fingerprint density at radius 1 is 1.25 bits per heavy atom. The third kappa shape index (κ3) is 4.96. The summed E-state index contributed by atoms with van der Waals surface area (Å²) >= 11 is 0. The standard InChI is InChI=1S/C15H28N4O/c1-5-7-8-19(9-10-20)14-11-13(16-6-2)17-15(18-14)12(3)4/h11-12,20H,5-10H2,1-4H3,(H,16,17,18). The Hall–Kier alpha value is -1.36. The van der Waals surface area contributed by atoms with Crippen LogP contribution in [0.5, 0.6) is 0 Å². The smallest absolute Gasteiger partial charge is 0.135 e. The second-order valence-electron chi connectivity index (χ2n) is 5.22. The number of unbranched alkanes of at least 4 members (excludes halogenated alkanes) is 1. The van der Waals surface area contributed by atoms with E-state index in [2.05, 4.69) is 47.9 Å². The maximum absolute atomic E-state index is 9.25. The molecule has 20 heavy (non-hydrogen) atoms. The van der Waals surface area contributed by atoms with Gasteiger partial charge in [-0.3, -0.25) is 0 Å². The Morgan fingerprint density at radius 2 is 2.00 bits per heavy atom. The van der Waals surface area contributed by atoms with Crippen molar-refractivity contribution in [2.24, 2.45) is 0 Å². The molecule has 0 bridgehead atoms. The normalized spacial score (nSPS) is 10.9. The van der Waals surface area contributed by atoms with E-state index < -0.39 is 0 Å². The summed E-state index contributed by atoms with van der Waals surface area (Å²) in [6, 6.07) is 1.97. The largest absolute Gasteiger partial charge is 0.395 e. The van der Waals surface area contributed by atoms with Crippen molar-refractivity contribution in [2.45, 2.75) is 46.5 Å². The van der Waals surface area contributed by atoms with Gasteiger partial charge >= 0.3 is 0 Å². The average Bonchev–Trinajstić information content (AvgIpc) is 2.43. The molecule has 5 heteroatoms. The molecule has 0 fully saturated rings. The lowest BCUT2D eigenvalue weighted by atomic mass is 10.2. The molecule has 0 aromatic carbocycles. The summed E-state index contributed by atoms with van der Waals surface area (Å²) in [6.45, 7) is 10.9. The van der Waals surface area contributed by atoms with Crippen LogP contribution >= 0.6 is 0 Å². The molecule has 0 unspecified atom stereocenters. The van der Waals surface area contributed by atoms with Gasteiger partial charge in [0.2, 0.25) is 0 Å². The van der Waals surface area contributed by atoms with E-state index in [1.165, 1.54) is 0 Å². The van der Waals surface area contributed by atoms with Crippen molar-refractivity contribution in [3.63, 3.8) is 0 Å². The number of anilines is 2. The van der Waals surface area contributed by atoms with Crippen LogP contribution in [0.2, 0.25) is 0 Å². The number of hydrogen-bond acceptors (Lipinski definition) is 5. The van der Waals surface area contributed by atoms with E-state index in [9.17, 15) is 5.11 Å². The Labute approximate surface area is 122 Å². The minimum absolute atomic E-state index is 0.140. The van der Waals surface area contributed by atoms with E-state index >= 15 is 0 Å². The fraction of sp³-hybridized carbons (Fsp3) is 0.733. The van der Waals surface area contributed by atoms with Crippen LogP contribution in [0.3, 0.4) is 0 Å². The average molecular weight is 280 g/mol. The number of hydrogen-bond donors (Lipinski definition) is 2. The minimum atomic E-state index is 0.140. The van der Waals surface area contributed by atoms with Gasteiger partial charge in [-0.15, -0.1) is 0 Å². The van der Waals surface area contributed by atoms with Crippen LogP contribution in [0.15, 0.2) is 6.07 Å². The lowest BCUT2D eigenvalue weighted by Gasteiger charge is -2.24. The molecule has 1 aromatic rings. The molecular weight excluding hydrogens is 252 g/mol. The van der Waals surface area contributed by atoms with Gasteiger partial charge in [0.25, 0.3) is 0 Å². The third-order valence-corrected chi connectivity index (χ3v) is 3.08. The zero-order valence-corrected chi connectivity index (χ0v) is 13.2. The first-order valence-electron chi connectivity index (χ1n) is 7.61. The summed E-state index contributed by atoms with van der Waals surface area (Å²) in [5.41, 5.74) is 0. The first kappa shape index (κ1) is 16.7. The highest BCUT2D eigenvalue weighted by Gasteiger charge is 2.13. The number of nitrogens with zero attached hydrogens (tertiary/aromatic N) is 3. The highest BCUT2D eigenvalue weighted by atomic mass is 16.3. The van der Waals surface area contributed by atoms with Crippen LogP contribution in [0.25, 0.3) is 0 Å². The molecule has 0 atom stereocenters. The monoisotopic (exact) mass is 280 g/mol. The molecule has 0 saturated heterocycles. The minimum Gasteiger partial charge on any atom is -0.395 e. The SMILES string of the molecule is CCCCN(CCO)c1cc(NCC)nc(C(C)C)n1. The summed E-state index contributed by atoms with van der Waals surface area (Å²) in [5.74, 6) is 2.90. The van der Waals surface area contributed by atoms with E-state index in [0.717, 1.165) is 43.4 Å². The summed E-state index contributed by atoms with van der Waals surface area (Å²) < 4.78 is 0. The van der Waals surface area contributed by atoms with Gasteiger partial charge in [0.1, 0.15) is 17.5 Å². The fourth-order valence-corrected chi connectivity index (χ4v) is 1.96. The molecule has 1 aromatic heterocycles. The zero-order chi connectivity index (χ0) is 15.0. The van der Waals surface area contributed by atoms with Crippen molar-refractivity contribution in [1.82, 2.24) is 9.97 Å². The van der Waals surface area contributed by atoms with Crippen molar-refractivity contribution >= 4 is 11.6 Å². The van der Waals surface area contributed by atoms with Gasteiger partial charge in [-0.25, -0.2) is 9.97 Å². The van der Waals surface area contributed by atoms with Crippen LogP contribution in [-0.2, 0) is 0 Å². The van der Waals surface area contributed by atoms with Gasteiger partial charge in [0, 0.05) is 31.6 Å². The molecule has 0 radical (unpaired) electrons. The topological polar surface area (TPSA) is 61.3 Å². The van der Waals surface area contributed by atoms with Crippen molar-refractivity contribution in [2.75, 3.05) is 36.5 Å². The van der Waals surface area contributed by atoms with Crippen molar-refractivity contribution < 1.29 is 5.11 Å². The van der Waals surface area contributed by atoms with E-state index in [1.807, 2.05) is 6.07 Å². The maximum Gasteiger partial charge on any atom is 0.135 e. The van der Waals surface area contributed by atoms with Crippen molar-refractivity contribution in [3.8, 4) is 0 Å². The first-order valence-corrected chi connectivity index (χ1v) is 7.61. The molecule has 0 aliphatic carbocycles. The number of nitrogens with one attached hydrogen (secondary N) is 1. The van der Waals surface area contributed by atoms with Gasteiger partial charge in [-0.05, 0) is 13.3 Å². The number of aliphatic hydroxyl groups is 1. The van der Waals surface area contributed by atoms with Crippen molar-refractivity contribution in [3.05, 3.63) is 11.9 Å². The molecule has 0 aliphatic heterocycles. The van der Waals surface area contributed by atoms with Crippen LogP contribution < -0.4 is 10.2 Å². The molecule has 5 nitrogen and oxygen atoms in total. The lowest BCUT2D eigenvalue weighted by Crippen LogP contribution is -2.29. The van der Waals surface area contributed by atoms with Crippen LogP contribution in [0, 0.1) is 0 Å². The molecule has 0 saturated carbocycles. The molecule has 1 heterocycles. The van der Waals surface area contributed by atoms with E-state index in [1.54, 1.807) is 0 Å². The van der Waals surface area contributed by atoms with Gasteiger partial charge in [0.15, 0.2) is 0 Å². The molecule has 1 rings (SSSR count). The highest BCUT2D eigenvalue weighted by Crippen LogP contribution is 2.20. The van der Waals surface area contributed by atoms with Crippen LogP contribution in [-0.4, -0.2) is 41.3 Å². The van der Waals surface area contributed by atoms with Gasteiger partial charge in [-0.1, -0.05) is 27.2 Å². The molecular formula is C15H28N4O. The van der Waals surface area contributed by atoms with Gasteiger partial charge < -0.3 is 15.3 Å². The second-order valence-corrected chi connectivity index (χ2v) is 5.22. The molecule has 0 spiro atoms. The Morgan fingerprint density at radius 3 is 2.55 bits per heavy atom. The van der Waals surface area contributed by atoms with Crippen LogP contribution in [0.4, 0.5) is 11.6 Å². The highest BCUT2D eigenvalue weighted by molar-refractivity contribution is 5.49. The van der Waals surface area contributed by atoms with E-state index in [-0.39, 0.29) is 12.5 Å². The van der Waals surface area contributed by atoms with Crippen molar-refractivity contribution in [1.29, 1.82) is 0 Å². The first-order chi connectivity index (χ1) is 9.62. The summed E-state index contributed by atoms with van der Waals surface area (Å²) in [7, 11) is 0. The summed E-state index contributed by atoms with van der Waals surface area (Å²) in [6.07, 6.45) is 2.22. The number of rotatable bonds is 9. The fourth-order valence-electron chi connectivity index (χ4n) is 1.96. The Kier molecular flexibility index (Phi) is 7.30. The maximum atomic E-state index is 9.25. The second kappa shape index (κ2) is 8.74. The number of aliphatic hydroxyl groups excluding tert-OH is 1.